The Morgan fingerprint density at radius 1 is 1.00 bits per heavy atom. The maximum absolute atomic E-state index is 12.9. The molecule has 4 heteroatoms. The fourth-order valence-electron chi connectivity index (χ4n) is 4.04. The molecule has 2 heterocycles. The summed E-state index contributed by atoms with van der Waals surface area (Å²) in [6.07, 6.45) is 4.94. The van der Waals surface area contributed by atoms with Crippen LogP contribution in [0, 0.1) is 19.8 Å². The number of piperidine rings is 1. The molecule has 132 valence electrons. The van der Waals surface area contributed by atoms with Crippen LogP contribution in [0.4, 0.5) is 5.69 Å². The molecule has 0 spiro atoms. The van der Waals surface area contributed by atoms with Gasteiger partial charge in [0.25, 0.3) is 0 Å². The van der Waals surface area contributed by atoms with Gasteiger partial charge in [0.2, 0.25) is 11.8 Å². The molecule has 1 aromatic rings. The van der Waals surface area contributed by atoms with E-state index < -0.39 is 0 Å². The van der Waals surface area contributed by atoms with Crippen LogP contribution in [0.25, 0.3) is 0 Å². The van der Waals surface area contributed by atoms with E-state index in [1.807, 2.05) is 17.0 Å². The number of allylic oxidation sites excluding steroid dienone is 1. The van der Waals surface area contributed by atoms with Crippen molar-refractivity contribution in [1.29, 1.82) is 0 Å². The number of amides is 2. The van der Waals surface area contributed by atoms with Crippen molar-refractivity contribution in [3.63, 3.8) is 0 Å². The largest absolute Gasteiger partial charge is 0.342 e. The van der Waals surface area contributed by atoms with E-state index in [0.717, 1.165) is 31.6 Å². The van der Waals surface area contributed by atoms with Gasteiger partial charge in [0.15, 0.2) is 0 Å². The van der Waals surface area contributed by atoms with Crippen molar-refractivity contribution in [3.8, 4) is 0 Å². The lowest BCUT2D eigenvalue weighted by Crippen LogP contribution is -2.41. The molecule has 3 fully saturated rings. The molecule has 2 amide bonds. The van der Waals surface area contributed by atoms with Crippen LogP contribution in [0.15, 0.2) is 29.3 Å². The molecule has 1 saturated carbocycles. The summed E-state index contributed by atoms with van der Waals surface area (Å²) in [5, 5.41) is 0. The van der Waals surface area contributed by atoms with Gasteiger partial charge < -0.3 is 9.80 Å². The minimum atomic E-state index is -0.191. The fourth-order valence-corrected chi connectivity index (χ4v) is 4.04. The van der Waals surface area contributed by atoms with E-state index in [-0.39, 0.29) is 17.7 Å². The number of carbonyl (C=O) groups is 2. The molecule has 4 nitrogen and oxygen atoms in total. The first kappa shape index (κ1) is 16.4. The number of likely N-dealkylation sites (tertiary alicyclic amines) is 1. The zero-order valence-corrected chi connectivity index (χ0v) is 15.2. The topological polar surface area (TPSA) is 40.6 Å². The highest BCUT2D eigenvalue weighted by Crippen LogP contribution is 2.36. The average molecular weight is 338 g/mol. The number of anilines is 1. The van der Waals surface area contributed by atoms with Gasteiger partial charge in [-0.05, 0) is 62.8 Å². The van der Waals surface area contributed by atoms with Crippen LogP contribution in [-0.4, -0.2) is 36.3 Å². The third-order valence-electron chi connectivity index (χ3n) is 5.96. The molecule has 2 aliphatic heterocycles. The summed E-state index contributed by atoms with van der Waals surface area (Å²) in [6, 6.07) is 6.09. The average Bonchev–Trinajstić information content (AvgIpc) is 3.39. The molecule has 1 atom stereocenters. The Morgan fingerprint density at radius 3 is 2.32 bits per heavy atom. The first-order valence-electron chi connectivity index (χ1n) is 9.39. The number of hydrogen-bond acceptors (Lipinski definition) is 2. The van der Waals surface area contributed by atoms with Gasteiger partial charge in [0, 0.05) is 31.7 Å². The van der Waals surface area contributed by atoms with Crippen LogP contribution in [0.5, 0.6) is 0 Å². The lowest BCUT2D eigenvalue weighted by Gasteiger charge is -2.30. The Morgan fingerprint density at radius 2 is 1.68 bits per heavy atom. The van der Waals surface area contributed by atoms with Gasteiger partial charge in [-0.1, -0.05) is 17.2 Å². The van der Waals surface area contributed by atoms with Crippen molar-refractivity contribution in [2.75, 3.05) is 24.5 Å². The normalized spacial score (nSPS) is 23.4. The summed E-state index contributed by atoms with van der Waals surface area (Å²) in [6.45, 7) is 6.29. The molecule has 1 aliphatic carbocycles. The second-order valence-electron chi connectivity index (χ2n) is 7.71. The van der Waals surface area contributed by atoms with Crippen LogP contribution < -0.4 is 4.90 Å². The van der Waals surface area contributed by atoms with Gasteiger partial charge in [0.05, 0.1) is 5.92 Å². The molecule has 2 saturated heterocycles. The van der Waals surface area contributed by atoms with Crippen molar-refractivity contribution in [1.82, 2.24) is 4.90 Å². The second kappa shape index (κ2) is 6.32. The van der Waals surface area contributed by atoms with E-state index in [2.05, 4.69) is 19.9 Å². The SMILES string of the molecule is Cc1ccc(N2CC(C(=O)N3CCC(=C4CC4)CC3)CC2=O)cc1C. The molecular weight excluding hydrogens is 312 g/mol. The maximum Gasteiger partial charge on any atom is 0.228 e. The molecule has 0 aromatic heterocycles. The van der Waals surface area contributed by atoms with Crippen molar-refractivity contribution in [2.45, 2.75) is 46.0 Å². The smallest absolute Gasteiger partial charge is 0.228 e. The summed E-state index contributed by atoms with van der Waals surface area (Å²) in [5.41, 5.74) is 6.53. The Kier molecular flexibility index (Phi) is 4.14. The Labute approximate surface area is 149 Å². The zero-order valence-electron chi connectivity index (χ0n) is 15.2. The van der Waals surface area contributed by atoms with Crippen molar-refractivity contribution >= 4 is 17.5 Å². The number of nitrogens with zero attached hydrogens (tertiary/aromatic N) is 2. The van der Waals surface area contributed by atoms with Crippen molar-refractivity contribution in [3.05, 3.63) is 40.5 Å². The van der Waals surface area contributed by atoms with E-state index in [1.165, 1.54) is 24.0 Å². The molecule has 0 bridgehead atoms. The van der Waals surface area contributed by atoms with E-state index in [0.29, 0.717) is 13.0 Å². The fraction of sp³-hybridized carbons (Fsp3) is 0.524. The Balaban J connectivity index is 1.42. The van der Waals surface area contributed by atoms with Crippen LogP contribution in [-0.2, 0) is 9.59 Å². The van der Waals surface area contributed by atoms with Gasteiger partial charge in [-0.3, -0.25) is 9.59 Å². The standard InChI is InChI=1S/C21H26N2O2/c1-14-3-6-19(11-15(14)2)23-13-18(12-20(23)24)21(25)22-9-7-17(8-10-22)16-4-5-16/h3,6,11,18H,4-5,7-10,12-13H2,1-2H3. The molecule has 0 radical (unpaired) electrons. The molecule has 1 aromatic carbocycles. The van der Waals surface area contributed by atoms with Gasteiger partial charge >= 0.3 is 0 Å². The maximum atomic E-state index is 12.9. The first-order chi connectivity index (χ1) is 12.0. The van der Waals surface area contributed by atoms with E-state index in [9.17, 15) is 9.59 Å². The lowest BCUT2D eigenvalue weighted by molar-refractivity contribution is -0.136. The number of rotatable bonds is 2. The van der Waals surface area contributed by atoms with Crippen LogP contribution in [0.2, 0.25) is 0 Å². The Bertz CT molecular complexity index is 749. The molecular formula is C21H26N2O2. The minimum Gasteiger partial charge on any atom is -0.342 e. The van der Waals surface area contributed by atoms with Crippen LogP contribution in [0.1, 0.15) is 43.2 Å². The van der Waals surface area contributed by atoms with Gasteiger partial charge in [-0.25, -0.2) is 0 Å². The van der Waals surface area contributed by atoms with Crippen molar-refractivity contribution < 1.29 is 9.59 Å². The van der Waals surface area contributed by atoms with E-state index in [1.54, 1.807) is 16.0 Å². The van der Waals surface area contributed by atoms with Gasteiger partial charge in [-0.15, -0.1) is 0 Å². The molecule has 4 rings (SSSR count). The summed E-state index contributed by atoms with van der Waals surface area (Å²) in [4.78, 5) is 29.1. The number of carbonyl (C=O) groups excluding carboxylic acids is 2. The third-order valence-corrected chi connectivity index (χ3v) is 5.96. The number of benzene rings is 1. The summed E-state index contributed by atoms with van der Waals surface area (Å²) >= 11 is 0. The van der Waals surface area contributed by atoms with Gasteiger partial charge in [-0.2, -0.15) is 0 Å². The van der Waals surface area contributed by atoms with E-state index in [4.69, 9.17) is 0 Å². The number of aryl methyl sites for hydroxylation is 2. The predicted octanol–water partition coefficient (Wildman–Crippen LogP) is 3.37. The molecule has 0 N–H and O–H groups in total. The summed E-state index contributed by atoms with van der Waals surface area (Å²) in [5.74, 6) is 0.0446. The van der Waals surface area contributed by atoms with Crippen molar-refractivity contribution in [2.24, 2.45) is 5.92 Å². The van der Waals surface area contributed by atoms with Crippen LogP contribution >= 0.6 is 0 Å². The molecule has 3 aliphatic rings. The first-order valence-corrected chi connectivity index (χ1v) is 9.39. The predicted molar refractivity (Wildman–Crippen MR) is 98.5 cm³/mol. The summed E-state index contributed by atoms with van der Waals surface area (Å²) < 4.78 is 0. The highest BCUT2D eigenvalue weighted by Gasteiger charge is 2.38. The third kappa shape index (κ3) is 3.22. The zero-order chi connectivity index (χ0) is 17.6. The van der Waals surface area contributed by atoms with Gasteiger partial charge in [0.1, 0.15) is 0 Å². The highest BCUT2D eigenvalue weighted by atomic mass is 16.2. The second-order valence-corrected chi connectivity index (χ2v) is 7.71. The van der Waals surface area contributed by atoms with E-state index >= 15 is 0 Å². The quantitative estimate of drug-likeness (QED) is 0.776. The highest BCUT2D eigenvalue weighted by molar-refractivity contribution is 6.00. The number of hydrogen-bond donors (Lipinski definition) is 0. The lowest BCUT2D eigenvalue weighted by atomic mass is 10.00. The molecule has 25 heavy (non-hydrogen) atoms. The summed E-state index contributed by atoms with van der Waals surface area (Å²) in [7, 11) is 0. The Hall–Kier alpha value is -2.10. The monoisotopic (exact) mass is 338 g/mol. The minimum absolute atomic E-state index is 0.0689. The van der Waals surface area contributed by atoms with Crippen LogP contribution in [0.3, 0.4) is 0 Å². The molecule has 1 unspecified atom stereocenters.